The van der Waals surface area contributed by atoms with E-state index in [2.05, 4.69) is 0 Å². The number of rotatable bonds is 3. The van der Waals surface area contributed by atoms with Crippen LogP contribution in [0.5, 0.6) is 0 Å². The van der Waals surface area contributed by atoms with Gasteiger partial charge < -0.3 is 15.7 Å². The molecule has 2 fully saturated rings. The Balaban J connectivity index is 1.98. The monoisotopic (exact) mass is 240 g/mol. The first-order valence-electron chi connectivity index (χ1n) is 6.33. The number of carbonyl (C=O) groups is 2. The van der Waals surface area contributed by atoms with E-state index in [1.165, 1.54) is 4.90 Å². The molecular weight excluding hydrogens is 220 g/mol. The maximum Gasteiger partial charge on any atom is 0.326 e. The predicted molar refractivity (Wildman–Crippen MR) is 62.4 cm³/mol. The number of likely N-dealkylation sites (tertiary alicyclic amines) is 1. The highest BCUT2D eigenvalue weighted by Crippen LogP contribution is 2.33. The van der Waals surface area contributed by atoms with Crippen molar-refractivity contribution in [1.82, 2.24) is 4.90 Å². The summed E-state index contributed by atoms with van der Waals surface area (Å²) >= 11 is 0. The second-order valence-electron chi connectivity index (χ2n) is 5.33. The molecule has 5 nitrogen and oxygen atoms in total. The number of nitrogens with two attached hydrogens (primary N) is 1. The zero-order chi connectivity index (χ0) is 12.5. The Kier molecular flexibility index (Phi) is 3.38. The van der Waals surface area contributed by atoms with E-state index in [4.69, 9.17) is 10.8 Å². The summed E-state index contributed by atoms with van der Waals surface area (Å²) in [7, 11) is 0. The van der Waals surface area contributed by atoms with E-state index >= 15 is 0 Å². The minimum absolute atomic E-state index is 0.0840. The Morgan fingerprint density at radius 2 is 2.00 bits per heavy atom. The Morgan fingerprint density at radius 1 is 1.29 bits per heavy atom. The molecule has 5 heteroatoms. The fourth-order valence-corrected chi connectivity index (χ4v) is 2.70. The van der Waals surface area contributed by atoms with Gasteiger partial charge in [-0.05, 0) is 38.5 Å². The van der Waals surface area contributed by atoms with Crippen molar-refractivity contribution in [3.8, 4) is 0 Å². The number of hydrogen-bond acceptors (Lipinski definition) is 3. The Morgan fingerprint density at radius 3 is 2.53 bits per heavy atom. The average molecular weight is 240 g/mol. The maximum atomic E-state index is 12.1. The van der Waals surface area contributed by atoms with E-state index in [1.54, 1.807) is 0 Å². The molecule has 2 aliphatic rings. The zero-order valence-corrected chi connectivity index (χ0v) is 10.0. The molecule has 1 amide bonds. The summed E-state index contributed by atoms with van der Waals surface area (Å²) in [5, 5.41) is 9.10. The quantitative estimate of drug-likeness (QED) is 0.761. The summed E-state index contributed by atoms with van der Waals surface area (Å²) in [5.41, 5.74) is 5.67. The summed E-state index contributed by atoms with van der Waals surface area (Å²) in [6.07, 6.45) is 5.48. The molecule has 0 aromatic rings. The molecule has 0 bridgehead atoms. The first-order valence-corrected chi connectivity index (χ1v) is 6.33. The first kappa shape index (κ1) is 12.4. The van der Waals surface area contributed by atoms with Crippen molar-refractivity contribution in [2.75, 3.05) is 6.54 Å². The highest BCUT2D eigenvalue weighted by atomic mass is 16.4. The Bertz CT molecular complexity index is 326. The lowest BCUT2D eigenvalue weighted by molar-refractivity contribution is -0.152. The summed E-state index contributed by atoms with van der Waals surface area (Å²) in [6, 6.07) is -0.639. The van der Waals surface area contributed by atoms with Crippen LogP contribution in [0.15, 0.2) is 0 Å². The van der Waals surface area contributed by atoms with Crippen LogP contribution >= 0.6 is 0 Å². The van der Waals surface area contributed by atoms with Crippen molar-refractivity contribution >= 4 is 11.9 Å². The molecule has 0 unspecified atom stereocenters. The van der Waals surface area contributed by atoms with E-state index in [9.17, 15) is 9.59 Å². The largest absolute Gasteiger partial charge is 0.480 e. The molecule has 96 valence electrons. The molecule has 0 spiro atoms. The zero-order valence-electron chi connectivity index (χ0n) is 10.0. The molecule has 2 rings (SSSR count). The second kappa shape index (κ2) is 4.64. The molecule has 1 saturated heterocycles. The molecule has 0 radical (unpaired) electrons. The Labute approximate surface area is 101 Å². The fraction of sp³-hybridized carbons (Fsp3) is 0.833. The molecule has 17 heavy (non-hydrogen) atoms. The number of aliphatic carboxylic acids is 1. The molecule has 1 aliphatic carbocycles. The van der Waals surface area contributed by atoms with E-state index in [0.29, 0.717) is 19.4 Å². The van der Waals surface area contributed by atoms with Gasteiger partial charge in [0.1, 0.15) is 6.04 Å². The van der Waals surface area contributed by atoms with Crippen molar-refractivity contribution in [2.24, 2.45) is 5.73 Å². The van der Waals surface area contributed by atoms with Gasteiger partial charge in [-0.3, -0.25) is 4.79 Å². The molecule has 0 aromatic carbocycles. The number of piperidine rings is 1. The minimum Gasteiger partial charge on any atom is -0.480 e. The van der Waals surface area contributed by atoms with E-state index < -0.39 is 12.0 Å². The number of carboxylic acids is 1. The van der Waals surface area contributed by atoms with Crippen LogP contribution in [-0.4, -0.2) is 40.0 Å². The van der Waals surface area contributed by atoms with Crippen molar-refractivity contribution in [3.05, 3.63) is 0 Å². The second-order valence-corrected chi connectivity index (χ2v) is 5.33. The van der Waals surface area contributed by atoms with Gasteiger partial charge >= 0.3 is 5.97 Å². The van der Waals surface area contributed by atoms with Crippen LogP contribution in [0.2, 0.25) is 0 Å². The van der Waals surface area contributed by atoms with Crippen LogP contribution in [0.25, 0.3) is 0 Å². The van der Waals surface area contributed by atoms with Gasteiger partial charge in [0.05, 0.1) is 0 Å². The molecule has 1 aliphatic heterocycles. The summed E-state index contributed by atoms with van der Waals surface area (Å²) in [5.74, 6) is -0.975. The maximum absolute atomic E-state index is 12.1. The van der Waals surface area contributed by atoms with Crippen LogP contribution in [0.4, 0.5) is 0 Å². The number of nitrogens with zero attached hydrogens (tertiary/aromatic N) is 1. The van der Waals surface area contributed by atoms with Crippen LogP contribution in [0, 0.1) is 0 Å². The summed E-state index contributed by atoms with van der Waals surface area (Å²) in [6.45, 7) is 0.561. The number of amides is 1. The van der Waals surface area contributed by atoms with Crippen LogP contribution in [-0.2, 0) is 9.59 Å². The highest BCUT2D eigenvalue weighted by Gasteiger charge is 2.39. The third-order valence-electron chi connectivity index (χ3n) is 3.96. The van der Waals surface area contributed by atoms with Gasteiger partial charge in [-0.15, -0.1) is 0 Å². The lowest BCUT2D eigenvalue weighted by Crippen LogP contribution is -2.54. The smallest absolute Gasteiger partial charge is 0.326 e. The molecule has 3 N–H and O–H groups in total. The third-order valence-corrected chi connectivity index (χ3v) is 3.96. The van der Waals surface area contributed by atoms with Gasteiger partial charge in [0.2, 0.25) is 5.91 Å². The minimum atomic E-state index is -0.891. The van der Waals surface area contributed by atoms with Crippen LogP contribution < -0.4 is 5.73 Å². The first-order chi connectivity index (χ1) is 8.02. The lowest BCUT2D eigenvalue weighted by atomic mass is 9.75. The number of hydrogen-bond donors (Lipinski definition) is 2. The third kappa shape index (κ3) is 2.60. The van der Waals surface area contributed by atoms with Crippen molar-refractivity contribution in [1.29, 1.82) is 0 Å². The fourth-order valence-electron chi connectivity index (χ4n) is 2.70. The SMILES string of the molecule is NC1(CC(=O)N2CCCC[C@@H]2C(=O)O)CCC1. The normalized spacial score (nSPS) is 27.4. The molecule has 1 heterocycles. The van der Waals surface area contributed by atoms with Crippen molar-refractivity contribution < 1.29 is 14.7 Å². The van der Waals surface area contributed by atoms with E-state index in [1.807, 2.05) is 0 Å². The standard InChI is InChI=1S/C12H20N2O3/c13-12(5-3-6-12)8-10(15)14-7-2-1-4-9(14)11(16)17/h9H,1-8,13H2,(H,16,17)/t9-/m1/s1. The van der Waals surface area contributed by atoms with E-state index in [-0.39, 0.29) is 11.4 Å². The lowest BCUT2D eigenvalue weighted by Gasteiger charge is -2.41. The molecular formula is C12H20N2O3. The highest BCUT2D eigenvalue weighted by molar-refractivity contribution is 5.84. The number of carbonyl (C=O) groups excluding carboxylic acids is 1. The van der Waals surface area contributed by atoms with Crippen molar-refractivity contribution in [3.63, 3.8) is 0 Å². The van der Waals surface area contributed by atoms with Gasteiger partial charge in [-0.2, -0.15) is 0 Å². The van der Waals surface area contributed by atoms with Crippen LogP contribution in [0.3, 0.4) is 0 Å². The summed E-state index contributed by atoms with van der Waals surface area (Å²) < 4.78 is 0. The van der Waals surface area contributed by atoms with Gasteiger partial charge in [0.25, 0.3) is 0 Å². The van der Waals surface area contributed by atoms with Gasteiger partial charge in [-0.25, -0.2) is 4.79 Å². The topological polar surface area (TPSA) is 83.6 Å². The molecule has 1 saturated carbocycles. The van der Waals surface area contributed by atoms with Gasteiger partial charge in [0, 0.05) is 18.5 Å². The molecule has 1 atom stereocenters. The van der Waals surface area contributed by atoms with Crippen molar-refractivity contribution in [2.45, 2.75) is 56.5 Å². The van der Waals surface area contributed by atoms with E-state index in [0.717, 1.165) is 32.1 Å². The predicted octanol–water partition coefficient (Wildman–Crippen LogP) is 0.724. The molecule has 0 aromatic heterocycles. The van der Waals surface area contributed by atoms with Gasteiger partial charge in [-0.1, -0.05) is 0 Å². The summed E-state index contributed by atoms with van der Waals surface area (Å²) in [4.78, 5) is 24.7. The number of carboxylic acid groups (broad SMARTS) is 1. The average Bonchev–Trinajstić information content (AvgIpc) is 2.26. The Hall–Kier alpha value is -1.10. The van der Waals surface area contributed by atoms with Gasteiger partial charge in [0.15, 0.2) is 0 Å². The van der Waals surface area contributed by atoms with Crippen LogP contribution in [0.1, 0.15) is 44.9 Å².